The maximum absolute atomic E-state index is 12.1. The lowest BCUT2D eigenvalue weighted by Gasteiger charge is -2.16. The van der Waals surface area contributed by atoms with Crippen molar-refractivity contribution in [2.45, 2.75) is 6.54 Å². The molecule has 0 aromatic carbocycles. The van der Waals surface area contributed by atoms with Gasteiger partial charge in [-0.25, -0.2) is 0 Å². The van der Waals surface area contributed by atoms with Crippen LogP contribution in [0, 0.1) is 0 Å². The number of aromatic nitrogens is 7. The topological polar surface area (TPSA) is 97.0 Å². The zero-order valence-electron chi connectivity index (χ0n) is 12.6. The van der Waals surface area contributed by atoms with Gasteiger partial charge in [0.1, 0.15) is 5.39 Å². The number of aryl methyl sites for hydroxylation is 1. The molecule has 0 atom stereocenters. The van der Waals surface area contributed by atoms with Crippen LogP contribution in [0.3, 0.4) is 0 Å². The van der Waals surface area contributed by atoms with Gasteiger partial charge in [-0.15, -0.1) is 10.2 Å². The van der Waals surface area contributed by atoms with Gasteiger partial charge in [0.05, 0.1) is 12.7 Å². The van der Waals surface area contributed by atoms with E-state index in [1.807, 2.05) is 40.7 Å². The Morgan fingerprint density at radius 1 is 1.30 bits per heavy atom. The highest BCUT2D eigenvalue weighted by molar-refractivity contribution is 5.74. The van der Waals surface area contributed by atoms with Crippen molar-refractivity contribution in [3.63, 3.8) is 0 Å². The highest BCUT2D eigenvalue weighted by Crippen LogP contribution is 2.12. The smallest absolute Gasteiger partial charge is 0.263 e. The minimum Gasteiger partial charge on any atom is -0.338 e. The van der Waals surface area contributed by atoms with E-state index in [1.54, 1.807) is 11.7 Å². The number of nitrogens with zero attached hydrogens (tertiary/aromatic N) is 7. The summed E-state index contributed by atoms with van der Waals surface area (Å²) in [7, 11) is 3.59. The molecule has 1 N–H and O–H groups in total. The van der Waals surface area contributed by atoms with Crippen molar-refractivity contribution < 1.29 is 0 Å². The Bertz CT molecular complexity index is 1060. The summed E-state index contributed by atoms with van der Waals surface area (Å²) in [4.78, 5) is 21.2. The fraction of sp³-hybridized carbons (Fsp3) is 0.214. The second-order valence-corrected chi connectivity index (χ2v) is 5.30. The molecule has 0 saturated carbocycles. The summed E-state index contributed by atoms with van der Waals surface area (Å²) >= 11 is 0. The molecule has 9 nitrogen and oxygen atoms in total. The molecule has 9 heteroatoms. The zero-order chi connectivity index (χ0) is 16.0. The van der Waals surface area contributed by atoms with Crippen molar-refractivity contribution >= 4 is 22.6 Å². The van der Waals surface area contributed by atoms with Gasteiger partial charge in [0.25, 0.3) is 5.56 Å². The molecule has 4 aromatic rings. The highest BCUT2D eigenvalue weighted by Gasteiger charge is 2.13. The van der Waals surface area contributed by atoms with Crippen molar-refractivity contribution in [2.75, 3.05) is 11.9 Å². The number of H-pyrrole nitrogens is 1. The third-order valence-electron chi connectivity index (χ3n) is 3.71. The molecule has 4 heterocycles. The Hall–Kier alpha value is -3.23. The van der Waals surface area contributed by atoms with Crippen LogP contribution in [-0.4, -0.2) is 41.4 Å². The second kappa shape index (κ2) is 4.90. The van der Waals surface area contributed by atoms with E-state index in [-0.39, 0.29) is 5.56 Å². The van der Waals surface area contributed by atoms with Gasteiger partial charge in [-0.1, -0.05) is 6.07 Å². The standard InChI is InChI=1S/C14H14N8O/c1-20(8-11-19-18-10-5-3-4-6-22(10)11)14-16-12-9(13(23)17-14)7-15-21(12)2/h3-7H,8H2,1-2H3,(H,16,17,23). The minimum absolute atomic E-state index is 0.212. The third kappa shape index (κ3) is 2.13. The summed E-state index contributed by atoms with van der Waals surface area (Å²) < 4.78 is 3.48. The zero-order valence-corrected chi connectivity index (χ0v) is 12.6. The summed E-state index contributed by atoms with van der Waals surface area (Å²) in [5, 5.41) is 12.8. The Morgan fingerprint density at radius 2 is 2.17 bits per heavy atom. The van der Waals surface area contributed by atoms with Gasteiger partial charge < -0.3 is 4.90 Å². The molecule has 4 rings (SSSR count). The van der Waals surface area contributed by atoms with E-state index in [0.29, 0.717) is 23.5 Å². The molecular weight excluding hydrogens is 296 g/mol. The summed E-state index contributed by atoms with van der Waals surface area (Å²) in [6.07, 6.45) is 3.41. The predicted molar refractivity (Wildman–Crippen MR) is 84.2 cm³/mol. The van der Waals surface area contributed by atoms with Crippen LogP contribution in [0.1, 0.15) is 5.82 Å². The van der Waals surface area contributed by atoms with Crippen molar-refractivity contribution in [1.82, 2.24) is 34.3 Å². The van der Waals surface area contributed by atoms with E-state index in [9.17, 15) is 4.79 Å². The van der Waals surface area contributed by atoms with E-state index < -0.39 is 0 Å². The average Bonchev–Trinajstić information content (AvgIpc) is 3.12. The first kappa shape index (κ1) is 13.4. The van der Waals surface area contributed by atoms with Crippen LogP contribution < -0.4 is 10.5 Å². The largest absolute Gasteiger partial charge is 0.338 e. The molecule has 0 aliphatic carbocycles. The summed E-state index contributed by atoms with van der Waals surface area (Å²) in [5.74, 6) is 1.22. The van der Waals surface area contributed by atoms with E-state index in [2.05, 4.69) is 25.3 Å². The van der Waals surface area contributed by atoms with E-state index >= 15 is 0 Å². The highest BCUT2D eigenvalue weighted by atomic mass is 16.1. The molecular formula is C14H14N8O. The third-order valence-corrected chi connectivity index (χ3v) is 3.71. The maximum atomic E-state index is 12.1. The van der Waals surface area contributed by atoms with Crippen molar-refractivity contribution in [2.24, 2.45) is 7.05 Å². The average molecular weight is 310 g/mol. The van der Waals surface area contributed by atoms with Gasteiger partial charge in [0, 0.05) is 20.3 Å². The normalized spacial score (nSPS) is 11.4. The molecule has 116 valence electrons. The number of anilines is 1. The first-order chi connectivity index (χ1) is 11.1. The fourth-order valence-electron chi connectivity index (χ4n) is 2.49. The van der Waals surface area contributed by atoms with Gasteiger partial charge in [-0.05, 0) is 12.1 Å². The van der Waals surface area contributed by atoms with Crippen LogP contribution in [0.25, 0.3) is 16.7 Å². The number of hydrogen-bond donors (Lipinski definition) is 1. The summed E-state index contributed by atoms with van der Waals surface area (Å²) in [6.45, 7) is 0.456. The minimum atomic E-state index is -0.212. The number of rotatable bonds is 3. The van der Waals surface area contributed by atoms with E-state index in [4.69, 9.17) is 0 Å². The quantitative estimate of drug-likeness (QED) is 0.586. The van der Waals surface area contributed by atoms with Crippen molar-refractivity contribution in [1.29, 1.82) is 0 Å². The predicted octanol–water partition coefficient (Wildman–Crippen LogP) is 0.336. The lowest BCUT2D eigenvalue weighted by Crippen LogP contribution is -2.24. The molecule has 0 saturated heterocycles. The Labute approximate surface area is 130 Å². The first-order valence-electron chi connectivity index (χ1n) is 7.05. The van der Waals surface area contributed by atoms with Gasteiger partial charge in [0.15, 0.2) is 17.1 Å². The van der Waals surface area contributed by atoms with Crippen LogP contribution in [0.2, 0.25) is 0 Å². The Kier molecular flexibility index (Phi) is 2.86. The lowest BCUT2D eigenvalue weighted by atomic mass is 10.4. The van der Waals surface area contributed by atoms with Crippen molar-refractivity contribution in [3.8, 4) is 0 Å². The summed E-state index contributed by atoms with van der Waals surface area (Å²) in [6, 6.07) is 5.72. The summed E-state index contributed by atoms with van der Waals surface area (Å²) in [5.41, 5.74) is 1.11. The van der Waals surface area contributed by atoms with Gasteiger partial charge in [-0.2, -0.15) is 10.1 Å². The van der Waals surface area contributed by atoms with Crippen molar-refractivity contribution in [3.05, 3.63) is 46.8 Å². The van der Waals surface area contributed by atoms with Gasteiger partial charge >= 0.3 is 0 Å². The second-order valence-electron chi connectivity index (χ2n) is 5.30. The molecule has 0 aliphatic heterocycles. The molecule has 0 bridgehead atoms. The van der Waals surface area contributed by atoms with Crippen LogP contribution >= 0.6 is 0 Å². The van der Waals surface area contributed by atoms with Crippen LogP contribution in [0.15, 0.2) is 35.4 Å². The number of aromatic amines is 1. The first-order valence-corrected chi connectivity index (χ1v) is 7.05. The SMILES string of the molecule is CN(Cc1nnc2ccccn12)c1nc2c(cnn2C)c(=O)[nH]1. The van der Waals surface area contributed by atoms with E-state index in [1.165, 1.54) is 6.20 Å². The molecule has 0 fully saturated rings. The molecule has 0 aliphatic rings. The van der Waals surface area contributed by atoms with Gasteiger partial charge in [-0.3, -0.25) is 18.9 Å². The maximum Gasteiger partial charge on any atom is 0.263 e. The fourth-order valence-corrected chi connectivity index (χ4v) is 2.49. The lowest BCUT2D eigenvalue weighted by molar-refractivity contribution is 0.770. The molecule has 23 heavy (non-hydrogen) atoms. The number of nitrogens with one attached hydrogen (secondary N) is 1. The van der Waals surface area contributed by atoms with E-state index in [0.717, 1.165) is 11.5 Å². The van der Waals surface area contributed by atoms with Crippen LogP contribution in [-0.2, 0) is 13.6 Å². The molecule has 0 radical (unpaired) electrons. The number of hydrogen-bond acceptors (Lipinski definition) is 6. The van der Waals surface area contributed by atoms with Crippen LogP contribution in [0.4, 0.5) is 5.95 Å². The molecule has 4 aromatic heterocycles. The number of pyridine rings is 1. The molecule has 0 unspecified atom stereocenters. The molecule has 0 amide bonds. The van der Waals surface area contributed by atoms with Crippen LogP contribution in [0.5, 0.6) is 0 Å². The Morgan fingerprint density at radius 3 is 3.04 bits per heavy atom. The Balaban J connectivity index is 1.73. The monoisotopic (exact) mass is 310 g/mol. The number of fused-ring (bicyclic) bond motifs is 2. The molecule has 0 spiro atoms. The van der Waals surface area contributed by atoms with Gasteiger partial charge in [0.2, 0.25) is 5.95 Å².